The van der Waals surface area contributed by atoms with Gasteiger partial charge in [0.1, 0.15) is 23.3 Å². The molecule has 0 amide bonds. The lowest BCUT2D eigenvalue weighted by Gasteiger charge is -2.33. The molecule has 0 aliphatic rings. The third-order valence-corrected chi connectivity index (χ3v) is 6.16. The Balaban J connectivity index is 1.95. The van der Waals surface area contributed by atoms with Crippen molar-refractivity contribution in [1.29, 1.82) is 0 Å². The van der Waals surface area contributed by atoms with Gasteiger partial charge in [-0.05, 0) is 48.5 Å². The topological polar surface area (TPSA) is 24.1 Å². The largest absolute Gasteiger partial charge is 0.375 e. The molecule has 174 valence electrons. The lowest BCUT2D eigenvalue weighted by molar-refractivity contribution is 0.481. The van der Waals surface area contributed by atoms with Crippen LogP contribution in [0.3, 0.4) is 0 Å². The highest BCUT2D eigenvalue weighted by Gasteiger charge is 2.34. The summed E-state index contributed by atoms with van der Waals surface area (Å²) >= 11 is 8.84. The van der Waals surface area contributed by atoms with E-state index in [-0.39, 0.29) is 11.1 Å². The number of hydrogen-bond donors (Lipinski definition) is 4. The van der Waals surface area contributed by atoms with E-state index in [4.69, 9.17) is 0 Å². The monoisotopic (exact) mass is 500 g/mol. The number of halogens is 4. The van der Waals surface area contributed by atoms with Crippen LogP contribution in [-0.4, -0.2) is 0 Å². The van der Waals surface area contributed by atoms with Crippen LogP contribution in [0.5, 0.6) is 0 Å². The third-order valence-electron chi connectivity index (χ3n) is 5.38. The zero-order valence-corrected chi connectivity index (χ0v) is 19.4. The van der Waals surface area contributed by atoms with E-state index in [1.807, 2.05) is 0 Å². The molecule has 0 saturated heterocycles. The van der Waals surface area contributed by atoms with Crippen LogP contribution in [0, 0.1) is 23.3 Å². The second-order valence-corrected chi connectivity index (χ2v) is 8.51. The Bertz CT molecular complexity index is 1170. The number of thiol groups is 2. The summed E-state index contributed by atoms with van der Waals surface area (Å²) in [6.07, 6.45) is 0. The predicted molar refractivity (Wildman–Crippen MR) is 133 cm³/mol. The maximum Gasteiger partial charge on any atom is 0.131 e. The zero-order valence-electron chi connectivity index (χ0n) is 17.6. The summed E-state index contributed by atoms with van der Waals surface area (Å²) < 4.78 is 60.3. The van der Waals surface area contributed by atoms with E-state index in [0.29, 0.717) is 21.2 Å². The Kier molecular flexibility index (Phi) is 7.38. The van der Waals surface area contributed by atoms with Crippen molar-refractivity contribution >= 4 is 36.6 Å². The molecule has 0 saturated carbocycles. The smallest absolute Gasteiger partial charge is 0.131 e. The van der Waals surface area contributed by atoms with E-state index < -0.39 is 35.4 Å². The van der Waals surface area contributed by atoms with Gasteiger partial charge < -0.3 is 10.6 Å². The average Bonchev–Trinajstić information content (AvgIpc) is 2.80. The Hall–Kier alpha value is -3.10. The minimum Gasteiger partial charge on any atom is -0.375 e. The molecular formula is C26H20F4N2S2. The molecule has 0 aliphatic carbocycles. The fraction of sp³-hybridized carbons (Fsp3) is 0.0769. The van der Waals surface area contributed by atoms with Gasteiger partial charge in [-0.3, -0.25) is 0 Å². The molecule has 0 aliphatic heterocycles. The molecule has 0 spiro atoms. The highest BCUT2D eigenvalue weighted by atomic mass is 32.1. The molecule has 0 radical (unpaired) electrons. The van der Waals surface area contributed by atoms with Crippen LogP contribution >= 0.6 is 25.3 Å². The molecule has 4 aromatic carbocycles. The lowest BCUT2D eigenvalue weighted by Crippen LogP contribution is -2.29. The quantitative estimate of drug-likeness (QED) is 0.154. The maximum absolute atomic E-state index is 15.1. The number of benzene rings is 4. The van der Waals surface area contributed by atoms with Crippen LogP contribution in [0.15, 0.2) is 94.7 Å². The number of nitrogens with one attached hydrogen (secondary N) is 2. The molecule has 2 nitrogen and oxygen atoms in total. The number of para-hydroxylation sites is 2. The lowest BCUT2D eigenvalue weighted by atomic mass is 9.91. The molecule has 0 bridgehead atoms. The first-order valence-corrected chi connectivity index (χ1v) is 11.2. The molecule has 2 unspecified atom stereocenters. The maximum atomic E-state index is 15.1. The van der Waals surface area contributed by atoms with Crippen LogP contribution in [0.1, 0.15) is 23.2 Å². The fourth-order valence-electron chi connectivity index (χ4n) is 3.79. The first kappa shape index (κ1) is 24.0. The summed E-state index contributed by atoms with van der Waals surface area (Å²) in [6.45, 7) is 0. The van der Waals surface area contributed by atoms with Crippen LogP contribution in [0.4, 0.5) is 28.9 Å². The van der Waals surface area contributed by atoms with Gasteiger partial charge in [0.25, 0.3) is 0 Å². The van der Waals surface area contributed by atoms with E-state index in [2.05, 4.69) is 35.9 Å². The van der Waals surface area contributed by atoms with Gasteiger partial charge >= 0.3 is 0 Å². The molecule has 2 atom stereocenters. The second-order valence-electron chi connectivity index (χ2n) is 7.55. The normalized spacial score (nSPS) is 12.8. The molecule has 0 heterocycles. The van der Waals surface area contributed by atoms with Gasteiger partial charge in [-0.15, -0.1) is 25.3 Å². The first-order valence-electron chi connectivity index (χ1n) is 10.3. The summed E-state index contributed by atoms with van der Waals surface area (Å²) in [5.74, 6) is -3.46. The summed E-state index contributed by atoms with van der Waals surface area (Å²) in [6, 6.07) is 17.9. The fourth-order valence-corrected chi connectivity index (χ4v) is 4.24. The number of rotatable bonds is 7. The summed E-state index contributed by atoms with van der Waals surface area (Å²) in [4.78, 5) is 0.984. The van der Waals surface area contributed by atoms with Gasteiger partial charge in [-0.1, -0.05) is 36.4 Å². The minimum atomic E-state index is -1.28. The van der Waals surface area contributed by atoms with Crippen molar-refractivity contribution in [3.05, 3.63) is 119 Å². The van der Waals surface area contributed by atoms with E-state index in [0.717, 1.165) is 24.3 Å². The highest BCUT2D eigenvalue weighted by molar-refractivity contribution is 7.80. The molecule has 0 fully saturated rings. The Morgan fingerprint density at radius 1 is 0.471 bits per heavy atom. The summed E-state index contributed by atoms with van der Waals surface area (Å²) in [5.41, 5.74) is 0.106. The number of hydrogen-bond acceptors (Lipinski definition) is 4. The highest BCUT2D eigenvalue weighted by Crippen LogP contribution is 2.41. The molecule has 4 aromatic rings. The second kappa shape index (κ2) is 10.4. The SMILES string of the molecule is Fc1cccc(F)c1C(Nc1ccccc1S)C(Nc1ccccc1S)c1c(F)cccc1F. The molecule has 8 heteroatoms. The van der Waals surface area contributed by atoms with E-state index in [9.17, 15) is 0 Å². The van der Waals surface area contributed by atoms with Gasteiger partial charge in [-0.25, -0.2) is 17.6 Å². The molecule has 2 N–H and O–H groups in total. The zero-order chi connectivity index (χ0) is 24.2. The van der Waals surface area contributed by atoms with Crippen molar-refractivity contribution in [2.75, 3.05) is 10.6 Å². The van der Waals surface area contributed by atoms with Gasteiger partial charge in [0.15, 0.2) is 0 Å². The average molecular weight is 501 g/mol. The predicted octanol–water partition coefficient (Wildman–Crippen LogP) is 7.83. The minimum absolute atomic E-state index is 0.379. The standard InChI is InChI=1S/C26H20F4N2S2/c27-15-7-5-8-16(28)23(15)25(31-19-11-1-3-13-21(19)33)26(24-17(29)9-6-10-18(24)30)32-20-12-2-4-14-22(20)34/h1-14,25-26,31-34H. The molecule has 34 heavy (non-hydrogen) atoms. The van der Waals surface area contributed by atoms with Crippen LogP contribution < -0.4 is 10.6 Å². The Morgan fingerprint density at radius 2 is 0.794 bits per heavy atom. The van der Waals surface area contributed by atoms with Crippen molar-refractivity contribution in [2.24, 2.45) is 0 Å². The van der Waals surface area contributed by atoms with E-state index in [1.165, 1.54) is 12.1 Å². The molecule has 4 rings (SSSR count). The van der Waals surface area contributed by atoms with Gasteiger partial charge in [0.05, 0.1) is 12.1 Å². The van der Waals surface area contributed by atoms with Crippen molar-refractivity contribution < 1.29 is 17.6 Å². The third kappa shape index (κ3) is 5.03. The van der Waals surface area contributed by atoms with Crippen LogP contribution in [0.25, 0.3) is 0 Å². The van der Waals surface area contributed by atoms with Crippen LogP contribution in [0.2, 0.25) is 0 Å². The van der Waals surface area contributed by atoms with E-state index in [1.54, 1.807) is 48.5 Å². The van der Waals surface area contributed by atoms with Gasteiger partial charge in [0.2, 0.25) is 0 Å². The van der Waals surface area contributed by atoms with Gasteiger partial charge in [-0.2, -0.15) is 0 Å². The Morgan fingerprint density at radius 3 is 1.12 bits per heavy atom. The van der Waals surface area contributed by atoms with E-state index >= 15 is 17.6 Å². The summed E-state index contributed by atoms with van der Waals surface area (Å²) in [7, 11) is 0. The molecular weight excluding hydrogens is 480 g/mol. The van der Waals surface area contributed by atoms with Gasteiger partial charge in [0, 0.05) is 32.3 Å². The van der Waals surface area contributed by atoms with Crippen molar-refractivity contribution in [3.63, 3.8) is 0 Å². The van der Waals surface area contributed by atoms with Crippen molar-refractivity contribution in [2.45, 2.75) is 21.9 Å². The van der Waals surface area contributed by atoms with Crippen LogP contribution in [-0.2, 0) is 0 Å². The Labute approximate surface area is 205 Å². The summed E-state index contributed by atoms with van der Waals surface area (Å²) in [5, 5.41) is 6.12. The van der Waals surface area contributed by atoms with Crippen molar-refractivity contribution in [1.82, 2.24) is 0 Å². The van der Waals surface area contributed by atoms with Crippen molar-refractivity contribution in [3.8, 4) is 0 Å². The molecule has 0 aromatic heterocycles. The number of anilines is 2. The first-order chi connectivity index (χ1) is 16.4.